The van der Waals surface area contributed by atoms with E-state index in [0.717, 1.165) is 32.2 Å². The van der Waals surface area contributed by atoms with E-state index < -0.39 is 0 Å². The molecule has 0 aliphatic carbocycles. The zero-order valence-corrected chi connectivity index (χ0v) is 12.3. The summed E-state index contributed by atoms with van der Waals surface area (Å²) in [5.74, 6) is -0.0381. The molecule has 0 aromatic heterocycles. The van der Waals surface area contributed by atoms with Gasteiger partial charge in [-0.1, -0.05) is 39.5 Å². The first kappa shape index (κ1) is 15.5. The van der Waals surface area contributed by atoms with E-state index in [4.69, 9.17) is 4.74 Å². The molecule has 0 spiro atoms. The number of ether oxygens (including phenoxy) is 1. The van der Waals surface area contributed by atoms with Crippen LogP contribution in [0.15, 0.2) is 0 Å². The van der Waals surface area contributed by atoms with Crippen molar-refractivity contribution in [2.45, 2.75) is 77.3 Å². The molecule has 0 saturated carbocycles. The zero-order valence-electron chi connectivity index (χ0n) is 12.3. The summed E-state index contributed by atoms with van der Waals surface area (Å²) in [7, 11) is 1.51. The van der Waals surface area contributed by atoms with Crippen molar-refractivity contribution in [3.63, 3.8) is 0 Å². The lowest BCUT2D eigenvalue weighted by Gasteiger charge is -2.35. The quantitative estimate of drug-likeness (QED) is 0.681. The van der Waals surface area contributed by atoms with Gasteiger partial charge in [0.25, 0.3) is 0 Å². The summed E-state index contributed by atoms with van der Waals surface area (Å²) in [6.07, 6.45) is 9.38. The van der Waals surface area contributed by atoms with Gasteiger partial charge in [-0.05, 0) is 32.2 Å². The van der Waals surface area contributed by atoms with Crippen molar-refractivity contribution >= 4 is 5.97 Å². The molecule has 0 amide bonds. The van der Waals surface area contributed by atoms with Crippen LogP contribution in [0.2, 0.25) is 0 Å². The zero-order chi connectivity index (χ0) is 13.4. The van der Waals surface area contributed by atoms with Gasteiger partial charge in [-0.3, -0.25) is 9.69 Å². The molecule has 0 aromatic rings. The summed E-state index contributed by atoms with van der Waals surface area (Å²) in [5, 5.41) is 0. The molecule has 3 nitrogen and oxygen atoms in total. The number of carbonyl (C=O) groups excluding carboxylic acids is 1. The highest BCUT2D eigenvalue weighted by Crippen LogP contribution is 2.24. The fraction of sp³-hybridized carbons (Fsp3) is 0.933. The molecule has 0 aromatic carbocycles. The molecule has 1 rings (SSSR count). The van der Waals surface area contributed by atoms with Gasteiger partial charge in [0.2, 0.25) is 0 Å². The van der Waals surface area contributed by atoms with Gasteiger partial charge in [0.05, 0.1) is 7.11 Å². The highest BCUT2D eigenvalue weighted by atomic mass is 16.5. The maximum absolute atomic E-state index is 12.0. The highest BCUT2D eigenvalue weighted by Gasteiger charge is 2.31. The Labute approximate surface area is 112 Å². The average molecular weight is 255 g/mol. The lowest BCUT2D eigenvalue weighted by molar-refractivity contribution is -0.148. The van der Waals surface area contributed by atoms with Crippen LogP contribution >= 0.6 is 0 Å². The van der Waals surface area contributed by atoms with Crippen LogP contribution in [0.4, 0.5) is 0 Å². The number of likely N-dealkylation sites (tertiary alicyclic amines) is 1. The van der Waals surface area contributed by atoms with Gasteiger partial charge in [-0.15, -0.1) is 0 Å². The predicted molar refractivity (Wildman–Crippen MR) is 74.6 cm³/mol. The number of esters is 1. The van der Waals surface area contributed by atoms with Gasteiger partial charge in [-0.25, -0.2) is 0 Å². The SMILES string of the molecule is CCCCC(C(=O)OC)N1CCCCCC1CC. The molecule has 2 atom stereocenters. The highest BCUT2D eigenvalue weighted by molar-refractivity contribution is 5.75. The van der Waals surface area contributed by atoms with Crippen molar-refractivity contribution in [1.82, 2.24) is 4.90 Å². The summed E-state index contributed by atoms with van der Waals surface area (Å²) in [5.41, 5.74) is 0. The van der Waals surface area contributed by atoms with Crippen LogP contribution in [0, 0.1) is 0 Å². The third-order valence-corrected chi connectivity index (χ3v) is 4.10. The maximum Gasteiger partial charge on any atom is 0.323 e. The van der Waals surface area contributed by atoms with E-state index in [1.165, 1.54) is 32.8 Å². The lowest BCUT2D eigenvalue weighted by Crippen LogP contribution is -2.47. The summed E-state index contributed by atoms with van der Waals surface area (Å²) in [6.45, 7) is 5.47. The van der Waals surface area contributed by atoms with Crippen LogP contribution in [-0.4, -0.2) is 36.6 Å². The van der Waals surface area contributed by atoms with Crippen molar-refractivity contribution in [3.8, 4) is 0 Å². The molecule has 0 radical (unpaired) electrons. The minimum absolute atomic E-state index is 0.0157. The Kier molecular flexibility index (Phi) is 7.33. The molecule has 106 valence electrons. The Bertz CT molecular complexity index is 243. The molecular weight excluding hydrogens is 226 g/mol. The first-order valence-electron chi connectivity index (χ1n) is 7.58. The molecule has 1 saturated heterocycles. The molecule has 0 N–H and O–H groups in total. The van der Waals surface area contributed by atoms with Gasteiger partial charge >= 0.3 is 5.97 Å². The summed E-state index contributed by atoms with van der Waals surface area (Å²) in [6, 6.07) is 0.548. The molecule has 1 heterocycles. The van der Waals surface area contributed by atoms with E-state index in [-0.39, 0.29) is 12.0 Å². The van der Waals surface area contributed by atoms with E-state index in [0.29, 0.717) is 6.04 Å². The van der Waals surface area contributed by atoms with E-state index in [1.807, 2.05) is 0 Å². The summed E-state index contributed by atoms with van der Waals surface area (Å²) >= 11 is 0. The van der Waals surface area contributed by atoms with Crippen LogP contribution in [-0.2, 0) is 9.53 Å². The molecule has 18 heavy (non-hydrogen) atoms. The Morgan fingerprint density at radius 3 is 2.72 bits per heavy atom. The van der Waals surface area contributed by atoms with Crippen LogP contribution < -0.4 is 0 Å². The second-order valence-corrected chi connectivity index (χ2v) is 5.33. The predicted octanol–water partition coefficient (Wildman–Crippen LogP) is 3.37. The normalized spacial score (nSPS) is 23.4. The smallest absolute Gasteiger partial charge is 0.323 e. The van der Waals surface area contributed by atoms with Gasteiger partial charge in [-0.2, -0.15) is 0 Å². The topological polar surface area (TPSA) is 29.5 Å². The van der Waals surface area contributed by atoms with E-state index in [1.54, 1.807) is 0 Å². The van der Waals surface area contributed by atoms with Crippen molar-refractivity contribution in [2.24, 2.45) is 0 Å². The van der Waals surface area contributed by atoms with Gasteiger partial charge in [0.15, 0.2) is 0 Å². The Hall–Kier alpha value is -0.570. The van der Waals surface area contributed by atoms with Crippen LogP contribution in [0.3, 0.4) is 0 Å². The fourth-order valence-electron chi connectivity index (χ4n) is 3.00. The van der Waals surface area contributed by atoms with Crippen molar-refractivity contribution < 1.29 is 9.53 Å². The van der Waals surface area contributed by atoms with Crippen LogP contribution in [0.5, 0.6) is 0 Å². The number of methoxy groups -OCH3 is 1. The second kappa shape index (κ2) is 8.52. The number of carbonyl (C=O) groups is 1. The number of unbranched alkanes of at least 4 members (excludes halogenated alkanes) is 1. The van der Waals surface area contributed by atoms with E-state index in [9.17, 15) is 4.79 Å². The molecule has 1 fully saturated rings. The number of hydrogen-bond acceptors (Lipinski definition) is 3. The van der Waals surface area contributed by atoms with Crippen LogP contribution in [0.1, 0.15) is 65.2 Å². The molecular formula is C15H29NO2. The minimum Gasteiger partial charge on any atom is -0.468 e. The largest absolute Gasteiger partial charge is 0.468 e. The maximum atomic E-state index is 12.0. The first-order chi connectivity index (χ1) is 8.74. The summed E-state index contributed by atoms with van der Waals surface area (Å²) in [4.78, 5) is 14.5. The molecule has 3 heteroatoms. The molecule has 0 bridgehead atoms. The minimum atomic E-state index is -0.0381. The number of hydrogen-bond donors (Lipinski definition) is 0. The first-order valence-corrected chi connectivity index (χ1v) is 7.58. The standard InChI is InChI=1S/C15H29NO2/c1-4-6-11-14(15(17)18-3)16-12-9-7-8-10-13(16)5-2/h13-14H,4-12H2,1-3H3. The van der Waals surface area contributed by atoms with Crippen LogP contribution in [0.25, 0.3) is 0 Å². The monoisotopic (exact) mass is 255 g/mol. The fourth-order valence-corrected chi connectivity index (χ4v) is 3.00. The van der Waals surface area contributed by atoms with Gasteiger partial charge < -0.3 is 4.74 Å². The Morgan fingerprint density at radius 2 is 2.11 bits per heavy atom. The number of rotatable bonds is 6. The van der Waals surface area contributed by atoms with Gasteiger partial charge in [0, 0.05) is 6.04 Å². The lowest BCUT2D eigenvalue weighted by atomic mass is 10.0. The van der Waals surface area contributed by atoms with E-state index >= 15 is 0 Å². The van der Waals surface area contributed by atoms with Crippen molar-refractivity contribution in [2.75, 3.05) is 13.7 Å². The van der Waals surface area contributed by atoms with E-state index in [2.05, 4.69) is 18.7 Å². The molecule has 1 aliphatic heterocycles. The third kappa shape index (κ3) is 4.27. The second-order valence-electron chi connectivity index (χ2n) is 5.33. The third-order valence-electron chi connectivity index (χ3n) is 4.10. The molecule has 2 unspecified atom stereocenters. The van der Waals surface area contributed by atoms with Crippen molar-refractivity contribution in [1.29, 1.82) is 0 Å². The van der Waals surface area contributed by atoms with Crippen molar-refractivity contribution in [3.05, 3.63) is 0 Å². The molecule has 1 aliphatic rings. The Balaban J connectivity index is 2.74. The Morgan fingerprint density at radius 1 is 1.33 bits per heavy atom. The van der Waals surface area contributed by atoms with Gasteiger partial charge in [0.1, 0.15) is 6.04 Å². The summed E-state index contributed by atoms with van der Waals surface area (Å²) < 4.78 is 5.02. The average Bonchev–Trinajstić information content (AvgIpc) is 2.64. The number of nitrogens with zero attached hydrogens (tertiary/aromatic N) is 1.